The Bertz CT molecular complexity index is 545. The third-order valence-electron chi connectivity index (χ3n) is 2.84. The molecular weight excluding hydrogens is 272 g/mol. The van der Waals surface area contributed by atoms with Crippen LogP contribution in [0.3, 0.4) is 0 Å². The lowest BCUT2D eigenvalue weighted by atomic mass is 10.2. The van der Waals surface area contributed by atoms with Crippen molar-refractivity contribution in [3.8, 4) is 22.1 Å². The van der Waals surface area contributed by atoms with Crippen molar-refractivity contribution in [2.45, 2.75) is 26.4 Å². The van der Waals surface area contributed by atoms with Gasteiger partial charge in [0, 0.05) is 35.3 Å². The van der Waals surface area contributed by atoms with Gasteiger partial charge < -0.3 is 14.8 Å². The number of nitrogens with one attached hydrogen (secondary N) is 1. The number of hydrogen-bond donors (Lipinski definition) is 1. The van der Waals surface area contributed by atoms with Gasteiger partial charge in [0.15, 0.2) is 0 Å². The number of hydrogen-bond acceptors (Lipinski definition) is 5. The second kappa shape index (κ2) is 6.72. The fourth-order valence-electron chi connectivity index (χ4n) is 1.76. The van der Waals surface area contributed by atoms with Crippen LogP contribution in [0, 0.1) is 0 Å². The van der Waals surface area contributed by atoms with Gasteiger partial charge in [0.2, 0.25) is 0 Å². The Morgan fingerprint density at radius 2 is 1.80 bits per heavy atom. The average molecular weight is 292 g/mol. The van der Waals surface area contributed by atoms with E-state index < -0.39 is 0 Å². The molecule has 0 aliphatic carbocycles. The van der Waals surface area contributed by atoms with Crippen LogP contribution in [0.5, 0.6) is 11.5 Å². The van der Waals surface area contributed by atoms with Crippen molar-refractivity contribution in [2.24, 2.45) is 0 Å². The molecule has 1 heterocycles. The zero-order valence-corrected chi connectivity index (χ0v) is 13.1. The molecule has 2 aromatic rings. The molecule has 2 rings (SSSR count). The molecule has 1 N–H and O–H groups in total. The predicted octanol–water partition coefficient (Wildman–Crippen LogP) is 3.33. The van der Waals surface area contributed by atoms with Crippen molar-refractivity contribution in [1.29, 1.82) is 0 Å². The summed E-state index contributed by atoms with van der Waals surface area (Å²) in [7, 11) is 3.30. The number of aromatic nitrogens is 1. The maximum atomic E-state index is 5.29. The summed E-state index contributed by atoms with van der Waals surface area (Å²) in [6.45, 7) is 5.11. The Labute approximate surface area is 123 Å². The predicted molar refractivity (Wildman–Crippen MR) is 82.6 cm³/mol. The highest BCUT2D eigenvalue weighted by atomic mass is 32.1. The largest absolute Gasteiger partial charge is 0.497 e. The molecule has 0 spiro atoms. The second-order valence-electron chi connectivity index (χ2n) is 4.77. The third kappa shape index (κ3) is 3.71. The van der Waals surface area contributed by atoms with E-state index in [2.05, 4.69) is 24.1 Å². The van der Waals surface area contributed by atoms with Gasteiger partial charge in [0.25, 0.3) is 0 Å². The van der Waals surface area contributed by atoms with E-state index >= 15 is 0 Å². The lowest BCUT2D eigenvalue weighted by Gasteiger charge is -2.06. The van der Waals surface area contributed by atoms with Gasteiger partial charge in [-0.1, -0.05) is 13.8 Å². The molecule has 0 aliphatic heterocycles. The summed E-state index contributed by atoms with van der Waals surface area (Å²) >= 11 is 1.68. The Balaban J connectivity index is 2.22. The molecular formula is C15H20N2O2S. The number of thiazole rings is 1. The Morgan fingerprint density at radius 3 is 2.35 bits per heavy atom. The molecule has 0 saturated heterocycles. The summed E-state index contributed by atoms with van der Waals surface area (Å²) in [4.78, 5) is 5.70. The monoisotopic (exact) mass is 292 g/mol. The van der Waals surface area contributed by atoms with E-state index in [4.69, 9.17) is 9.47 Å². The molecule has 0 bridgehead atoms. The molecule has 20 heavy (non-hydrogen) atoms. The highest BCUT2D eigenvalue weighted by molar-refractivity contribution is 7.15. The van der Waals surface area contributed by atoms with Gasteiger partial charge >= 0.3 is 0 Å². The molecule has 0 amide bonds. The highest BCUT2D eigenvalue weighted by Gasteiger charge is 2.09. The highest BCUT2D eigenvalue weighted by Crippen LogP contribution is 2.32. The van der Waals surface area contributed by atoms with Gasteiger partial charge in [-0.2, -0.15) is 0 Å². The standard InChI is InChI=1S/C15H20N2O2S/c1-10(2)16-8-14-9-17-15(20-14)11-5-12(18-3)7-13(6-11)19-4/h5-7,9-10,16H,8H2,1-4H3. The minimum absolute atomic E-state index is 0.470. The SMILES string of the molecule is COc1cc(OC)cc(-c2ncc(CNC(C)C)s2)c1. The fourth-order valence-corrected chi connectivity index (χ4v) is 2.61. The zero-order chi connectivity index (χ0) is 14.5. The molecule has 108 valence electrons. The minimum Gasteiger partial charge on any atom is -0.497 e. The van der Waals surface area contributed by atoms with Crippen molar-refractivity contribution in [3.05, 3.63) is 29.3 Å². The van der Waals surface area contributed by atoms with Crippen LogP contribution in [0.1, 0.15) is 18.7 Å². The first-order chi connectivity index (χ1) is 9.62. The van der Waals surface area contributed by atoms with Crippen LogP contribution >= 0.6 is 11.3 Å². The fraction of sp³-hybridized carbons (Fsp3) is 0.400. The summed E-state index contributed by atoms with van der Waals surface area (Å²) in [5.41, 5.74) is 1.02. The summed E-state index contributed by atoms with van der Waals surface area (Å²) in [5.74, 6) is 1.55. The van der Waals surface area contributed by atoms with E-state index in [0.29, 0.717) is 6.04 Å². The van der Waals surface area contributed by atoms with E-state index in [0.717, 1.165) is 28.6 Å². The molecule has 0 aliphatic rings. The van der Waals surface area contributed by atoms with Crippen molar-refractivity contribution in [2.75, 3.05) is 14.2 Å². The van der Waals surface area contributed by atoms with E-state index in [-0.39, 0.29) is 0 Å². The van der Waals surface area contributed by atoms with Crippen LogP contribution in [0.15, 0.2) is 24.4 Å². The topological polar surface area (TPSA) is 43.4 Å². The number of nitrogens with zero attached hydrogens (tertiary/aromatic N) is 1. The maximum absolute atomic E-state index is 5.29. The van der Waals surface area contributed by atoms with E-state index in [1.807, 2.05) is 24.4 Å². The van der Waals surface area contributed by atoms with Crippen molar-refractivity contribution >= 4 is 11.3 Å². The Hall–Kier alpha value is -1.59. The van der Waals surface area contributed by atoms with Crippen molar-refractivity contribution < 1.29 is 9.47 Å². The van der Waals surface area contributed by atoms with Crippen LogP contribution in [-0.2, 0) is 6.54 Å². The molecule has 5 heteroatoms. The first-order valence-electron chi connectivity index (χ1n) is 6.54. The molecule has 0 fully saturated rings. The third-order valence-corrected chi connectivity index (χ3v) is 3.88. The van der Waals surface area contributed by atoms with Gasteiger partial charge in [-0.25, -0.2) is 4.98 Å². The van der Waals surface area contributed by atoms with E-state index in [1.54, 1.807) is 25.6 Å². The van der Waals surface area contributed by atoms with E-state index in [9.17, 15) is 0 Å². The average Bonchev–Trinajstić information content (AvgIpc) is 2.93. The normalized spacial score (nSPS) is 10.8. The summed E-state index contributed by atoms with van der Waals surface area (Å²) < 4.78 is 10.6. The van der Waals surface area contributed by atoms with Crippen molar-refractivity contribution in [1.82, 2.24) is 10.3 Å². The number of methoxy groups -OCH3 is 2. The summed E-state index contributed by atoms with van der Waals surface area (Å²) in [6.07, 6.45) is 1.92. The van der Waals surface area contributed by atoms with Crippen LogP contribution in [0.4, 0.5) is 0 Å². The van der Waals surface area contributed by atoms with Gasteiger partial charge in [-0.15, -0.1) is 11.3 Å². The lowest BCUT2D eigenvalue weighted by molar-refractivity contribution is 0.394. The number of ether oxygens (including phenoxy) is 2. The first kappa shape index (κ1) is 14.8. The van der Waals surface area contributed by atoms with Crippen LogP contribution in [-0.4, -0.2) is 25.2 Å². The van der Waals surface area contributed by atoms with Gasteiger partial charge in [0.1, 0.15) is 16.5 Å². The molecule has 1 aromatic heterocycles. The summed E-state index contributed by atoms with van der Waals surface area (Å²) in [6, 6.07) is 6.28. The maximum Gasteiger partial charge on any atom is 0.123 e. The molecule has 4 nitrogen and oxygen atoms in total. The van der Waals surface area contributed by atoms with Gasteiger partial charge in [-0.3, -0.25) is 0 Å². The molecule has 0 radical (unpaired) electrons. The molecule has 0 atom stereocenters. The van der Waals surface area contributed by atoms with Gasteiger partial charge in [-0.05, 0) is 12.1 Å². The zero-order valence-electron chi connectivity index (χ0n) is 12.3. The lowest BCUT2D eigenvalue weighted by Crippen LogP contribution is -2.21. The van der Waals surface area contributed by atoms with Crippen LogP contribution < -0.4 is 14.8 Å². The quantitative estimate of drug-likeness (QED) is 0.887. The smallest absolute Gasteiger partial charge is 0.123 e. The second-order valence-corrected chi connectivity index (χ2v) is 5.88. The molecule has 1 aromatic carbocycles. The van der Waals surface area contributed by atoms with Crippen LogP contribution in [0.2, 0.25) is 0 Å². The van der Waals surface area contributed by atoms with E-state index in [1.165, 1.54) is 4.88 Å². The Kier molecular flexibility index (Phi) is 4.98. The van der Waals surface area contributed by atoms with Crippen LogP contribution in [0.25, 0.3) is 10.6 Å². The molecule has 0 saturated carbocycles. The van der Waals surface area contributed by atoms with Crippen molar-refractivity contribution in [3.63, 3.8) is 0 Å². The number of rotatable bonds is 6. The Morgan fingerprint density at radius 1 is 1.15 bits per heavy atom. The first-order valence-corrected chi connectivity index (χ1v) is 7.35. The minimum atomic E-state index is 0.470. The molecule has 0 unspecified atom stereocenters. The van der Waals surface area contributed by atoms with Gasteiger partial charge in [0.05, 0.1) is 14.2 Å². The number of benzene rings is 1. The summed E-state index contributed by atoms with van der Waals surface area (Å²) in [5, 5.41) is 4.37.